The Kier molecular flexibility index (Phi) is 4.27. The van der Waals surface area contributed by atoms with Gasteiger partial charge < -0.3 is 4.42 Å². The molecule has 43 heavy (non-hydrogen) atoms. The molecular formula is C42H26O. The minimum absolute atomic E-state index is 0.192. The molecule has 1 nitrogen and oxygen atoms in total. The van der Waals surface area contributed by atoms with Crippen LogP contribution in [0.2, 0.25) is 0 Å². The van der Waals surface area contributed by atoms with Crippen LogP contribution in [0.5, 0.6) is 0 Å². The molecule has 9 rings (SSSR count). The van der Waals surface area contributed by atoms with Crippen LogP contribution in [0.3, 0.4) is 0 Å². The molecule has 0 saturated heterocycles. The molecule has 0 unspecified atom stereocenters. The largest absolute Gasteiger partial charge is 0.456 e. The summed E-state index contributed by atoms with van der Waals surface area (Å²) in [5.74, 6) is 0. The van der Waals surface area contributed by atoms with Crippen molar-refractivity contribution in [2.45, 2.75) is 0 Å². The van der Waals surface area contributed by atoms with Gasteiger partial charge in [-0.3, -0.25) is 0 Å². The maximum Gasteiger partial charge on any atom is 0.136 e. The minimum atomic E-state index is -0.407. The maximum atomic E-state index is 9.02. The molecule has 0 fully saturated rings. The first-order chi connectivity index (χ1) is 23.4. The van der Waals surface area contributed by atoms with Crippen molar-refractivity contribution in [1.29, 1.82) is 0 Å². The monoisotopic (exact) mass is 551 g/mol. The predicted octanol–water partition coefficient (Wildman–Crippen LogP) is 12.0. The number of hydrogen-bond acceptors (Lipinski definition) is 1. The molecule has 0 spiro atoms. The lowest BCUT2D eigenvalue weighted by Gasteiger charge is -2.19. The summed E-state index contributed by atoms with van der Waals surface area (Å²) in [6.45, 7) is 0. The van der Waals surface area contributed by atoms with Crippen LogP contribution in [0.15, 0.2) is 162 Å². The van der Waals surface area contributed by atoms with Crippen LogP contribution in [0.4, 0.5) is 0 Å². The predicted molar refractivity (Wildman–Crippen MR) is 183 cm³/mol. The van der Waals surface area contributed by atoms with Gasteiger partial charge in [0.25, 0.3) is 0 Å². The summed E-state index contributed by atoms with van der Waals surface area (Å²) >= 11 is 0. The van der Waals surface area contributed by atoms with Crippen molar-refractivity contribution in [1.82, 2.24) is 0 Å². The van der Waals surface area contributed by atoms with E-state index >= 15 is 0 Å². The van der Waals surface area contributed by atoms with Crippen molar-refractivity contribution in [3.05, 3.63) is 158 Å². The smallest absolute Gasteiger partial charge is 0.136 e. The van der Waals surface area contributed by atoms with Gasteiger partial charge in [-0.25, -0.2) is 0 Å². The van der Waals surface area contributed by atoms with Gasteiger partial charge >= 0.3 is 0 Å². The topological polar surface area (TPSA) is 13.1 Å². The Morgan fingerprint density at radius 3 is 1.93 bits per heavy atom. The molecule has 1 heteroatoms. The second-order valence-electron chi connectivity index (χ2n) is 10.9. The van der Waals surface area contributed by atoms with Gasteiger partial charge in [0.05, 0.1) is 6.85 Å². The fraction of sp³-hybridized carbons (Fsp3) is 0. The second-order valence-corrected chi connectivity index (χ2v) is 10.9. The van der Waals surface area contributed by atoms with Crippen molar-refractivity contribution in [3.8, 4) is 33.4 Å². The zero-order chi connectivity index (χ0) is 32.7. The highest BCUT2D eigenvalue weighted by molar-refractivity contribution is 6.26. The SMILES string of the molecule is [2H]c1c([2H])c([2H])c(-c2c3ccccc3c(-c3cccc4oc5cc6ccccc6cc5c34)c3ccc(-c4ccccc4)cc23)c([2H])c1[2H]. The molecule has 0 radical (unpaired) electrons. The molecule has 0 aliphatic rings. The van der Waals surface area contributed by atoms with Gasteiger partial charge in [0.15, 0.2) is 0 Å². The molecule has 0 aliphatic carbocycles. The van der Waals surface area contributed by atoms with Gasteiger partial charge in [0.2, 0.25) is 0 Å². The Morgan fingerprint density at radius 1 is 0.419 bits per heavy atom. The van der Waals surface area contributed by atoms with E-state index in [4.69, 9.17) is 11.3 Å². The lowest BCUT2D eigenvalue weighted by molar-refractivity contribution is 0.669. The van der Waals surface area contributed by atoms with Gasteiger partial charge in [-0.15, -0.1) is 0 Å². The fourth-order valence-electron chi connectivity index (χ4n) is 6.64. The van der Waals surface area contributed by atoms with Crippen LogP contribution in [-0.2, 0) is 0 Å². The van der Waals surface area contributed by atoms with Crippen LogP contribution in [0.25, 0.3) is 87.6 Å². The summed E-state index contributed by atoms with van der Waals surface area (Å²) in [5, 5.41) is 7.70. The van der Waals surface area contributed by atoms with E-state index < -0.39 is 6.04 Å². The molecule has 0 amide bonds. The molecular weight excluding hydrogens is 520 g/mol. The van der Waals surface area contributed by atoms with E-state index in [9.17, 15) is 0 Å². The maximum absolute atomic E-state index is 9.02. The van der Waals surface area contributed by atoms with E-state index in [0.717, 1.165) is 76.5 Å². The summed E-state index contributed by atoms with van der Waals surface area (Å²) in [5.41, 5.74) is 6.40. The molecule has 0 aliphatic heterocycles. The van der Waals surface area contributed by atoms with Crippen molar-refractivity contribution in [3.63, 3.8) is 0 Å². The lowest BCUT2D eigenvalue weighted by atomic mass is 9.84. The summed E-state index contributed by atoms with van der Waals surface area (Å²) in [7, 11) is 0. The third-order valence-corrected chi connectivity index (χ3v) is 8.51. The van der Waals surface area contributed by atoms with Gasteiger partial charge in [-0.05, 0) is 90.0 Å². The third kappa shape index (κ3) is 3.72. The summed E-state index contributed by atoms with van der Waals surface area (Å²) in [6.07, 6.45) is 0. The molecule has 9 aromatic rings. The number of fused-ring (bicyclic) bond motifs is 6. The molecule has 1 aromatic heterocycles. The van der Waals surface area contributed by atoms with Crippen molar-refractivity contribution in [2.75, 3.05) is 0 Å². The van der Waals surface area contributed by atoms with Crippen molar-refractivity contribution < 1.29 is 11.3 Å². The van der Waals surface area contributed by atoms with Gasteiger partial charge in [-0.2, -0.15) is 0 Å². The average Bonchev–Trinajstić information content (AvgIpc) is 3.50. The Morgan fingerprint density at radius 2 is 1.12 bits per heavy atom. The number of furan rings is 1. The summed E-state index contributed by atoms with van der Waals surface area (Å²) in [6, 6.07) is 41.5. The highest BCUT2D eigenvalue weighted by Gasteiger charge is 2.21. The van der Waals surface area contributed by atoms with Gasteiger partial charge in [0.1, 0.15) is 11.2 Å². The van der Waals surface area contributed by atoms with E-state index in [2.05, 4.69) is 66.7 Å². The third-order valence-electron chi connectivity index (χ3n) is 8.51. The standard InChI is InChI=1S/C42H26O/c1-3-12-27(13-4-1)31-22-23-34-36(24-31)40(28-14-5-2-6-15-28)32-18-9-10-19-33(32)41(34)35-20-11-21-38-42(35)37-25-29-16-7-8-17-30(29)26-39(37)43-38/h1-26H/i2D,5D,6D,14D,15D. The molecule has 1 heterocycles. The van der Waals surface area contributed by atoms with Crippen molar-refractivity contribution in [2.24, 2.45) is 0 Å². The van der Waals surface area contributed by atoms with Crippen molar-refractivity contribution >= 4 is 54.3 Å². The second kappa shape index (κ2) is 9.44. The normalized spacial score (nSPS) is 13.3. The fourth-order valence-corrected chi connectivity index (χ4v) is 6.64. The molecule has 8 aromatic carbocycles. The van der Waals surface area contributed by atoms with E-state index in [1.54, 1.807) is 0 Å². The molecule has 0 N–H and O–H groups in total. The zero-order valence-corrected chi connectivity index (χ0v) is 23.0. The molecule has 0 bridgehead atoms. The number of hydrogen-bond donors (Lipinski definition) is 0. The molecule has 0 saturated carbocycles. The van der Waals surface area contributed by atoms with Crippen LogP contribution >= 0.6 is 0 Å². The van der Waals surface area contributed by atoms with Crippen LogP contribution in [-0.4, -0.2) is 0 Å². The van der Waals surface area contributed by atoms with E-state index in [0.29, 0.717) is 5.56 Å². The summed E-state index contributed by atoms with van der Waals surface area (Å²) in [4.78, 5) is 0. The highest BCUT2D eigenvalue weighted by Crippen LogP contribution is 2.47. The first kappa shape index (κ1) is 19.5. The van der Waals surface area contributed by atoms with Crippen LogP contribution in [0, 0.1) is 0 Å². The van der Waals surface area contributed by atoms with Gasteiger partial charge in [-0.1, -0.05) is 133 Å². The molecule has 200 valence electrons. The first-order valence-electron chi connectivity index (χ1n) is 16.9. The molecule has 0 atom stereocenters. The minimum Gasteiger partial charge on any atom is -0.456 e. The van der Waals surface area contributed by atoms with Crippen LogP contribution in [0.1, 0.15) is 6.85 Å². The Labute approximate surface area is 256 Å². The zero-order valence-electron chi connectivity index (χ0n) is 28.0. The average molecular weight is 552 g/mol. The van der Waals surface area contributed by atoms with E-state index in [1.807, 2.05) is 60.7 Å². The Balaban J connectivity index is 1.48. The Bertz CT molecular complexity index is 2750. The van der Waals surface area contributed by atoms with Crippen LogP contribution < -0.4 is 0 Å². The van der Waals surface area contributed by atoms with E-state index in [1.165, 1.54) is 0 Å². The quantitative estimate of drug-likeness (QED) is 0.199. The number of rotatable bonds is 3. The summed E-state index contributed by atoms with van der Waals surface area (Å²) < 4.78 is 49.9. The lowest BCUT2D eigenvalue weighted by Crippen LogP contribution is -1.92. The van der Waals surface area contributed by atoms with E-state index in [-0.39, 0.29) is 29.7 Å². The number of benzene rings is 8. The first-order valence-corrected chi connectivity index (χ1v) is 14.4. The van der Waals surface area contributed by atoms with Gasteiger partial charge in [0, 0.05) is 10.8 Å². The Hall–Kier alpha value is -5.66. The highest BCUT2D eigenvalue weighted by atomic mass is 16.3.